The molecule has 44 heavy (non-hydrogen) atoms. The van der Waals surface area contributed by atoms with Gasteiger partial charge in [-0.1, -0.05) is 54.6 Å². The maximum absolute atomic E-state index is 13.5. The maximum Gasteiger partial charge on any atom is 0.267 e. The summed E-state index contributed by atoms with van der Waals surface area (Å²) in [7, 11) is -0.293. The zero-order valence-electron chi connectivity index (χ0n) is 24.8. The first kappa shape index (κ1) is 30.7. The van der Waals surface area contributed by atoms with E-state index in [9.17, 15) is 18.0 Å². The van der Waals surface area contributed by atoms with E-state index in [-0.39, 0.29) is 30.7 Å². The van der Waals surface area contributed by atoms with E-state index in [0.29, 0.717) is 47.7 Å². The van der Waals surface area contributed by atoms with Gasteiger partial charge in [0.1, 0.15) is 11.3 Å². The molecule has 3 aromatic carbocycles. The summed E-state index contributed by atoms with van der Waals surface area (Å²) in [6.07, 6.45) is 0.838. The second-order valence-electron chi connectivity index (χ2n) is 10.9. The van der Waals surface area contributed by atoms with Crippen LogP contribution in [0.25, 0.3) is 21.8 Å². The Bertz CT molecular complexity index is 1920. The van der Waals surface area contributed by atoms with Crippen LogP contribution in [-0.4, -0.2) is 55.3 Å². The topological polar surface area (TPSA) is 139 Å². The summed E-state index contributed by atoms with van der Waals surface area (Å²) in [6, 6.07) is 25.8. The molecule has 5 aromatic rings. The van der Waals surface area contributed by atoms with Gasteiger partial charge >= 0.3 is 0 Å². The van der Waals surface area contributed by atoms with Gasteiger partial charge in [-0.05, 0) is 58.7 Å². The van der Waals surface area contributed by atoms with E-state index in [2.05, 4.69) is 10.0 Å². The Kier molecular flexibility index (Phi) is 9.26. The van der Waals surface area contributed by atoms with Crippen molar-refractivity contribution in [3.8, 4) is 0 Å². The summed E-state index contributed by atoms with van der Waals surface area (Å²) >= 11 is 0. The normalized spacial score (nSPS) is 11.5. The molecular weight excluding hydrogens is 576 g/mol. The van der Waals surface area contributed by atoms with Gasteiger partial charge in [0.05, 0.1) is 18.0 Å². The molecule has 0 aliphatic rings. The van der Waals surface area contributed by atoms with Gasteiger partial charge in [-0.3, -0.25) is 14.3 Å². The quantitative estimate of drug-likeness (QED) is 0.180. The van der Waals surface area contributed by atoms with Crippen molar-refractivity contribution in [3.05, 3.63) is 107 Å². The molecule has 0 fully saturated rings. The van der Waals surface area contributed by atoms with Crippen molar-refractivity contribution in [2.45, 2.75) is 31.7 Å². The first-order valence-corrected chi connectivity index (χ1v) is 16.0. The highest BCUT2D eigenvalue weighted by atomic mass is 32.2. The number of fused-ring (bicyclic) bond motifs is 2. The van der Waals surface area contributed by atoms with Gasteiger partial charge in [0.2, 0.25) is 15.9 Å². The first-order valence-electron chi connectivity index (χ1n) is 14.4. The minimum absolute atomic E-state index is 0.00183. The smallest absolute Gasteiger partial charge is 0.267 e. The third kappa shape index (κ3) is 7.24. The van der Waals surface area contributed by atoms with Gasteiger partial charge in [-0.25, -0.2) is 13.4 Å². The molecule has 0 bridgehead atoms. The van der Waals surface area contributed by atoms with E-state index < -0.39 is 10.0 Å². The first-order chi connectivity index (χ1) is 21.1. The van der Waals surface area contributed by atoms with E-state index >= 15 is 0 Å². The van der Waals surface area contributed by atoms with Crippen LogP contribution in [0.1, 0.15) is 40.2 Å². The Hall–Kier alpha value is -4.74. The molecular formula is C33H36N6O4S. The molecule has 0 aliphatic heterocycles. The van der Waals surface area contributed by atoms with Crippen molar-refractivity contribution in [3.63, 3.8) is 0 Å². The van der Waals surface area contributed by atoms with E-state index in [4.69, 9.17) is 10.7 Å². The van der Waals surface area contributed by atoms with Gasteiger partial charge in [0.15, 0.2) is 0 Å². The lowest BCUT2D eigenvalue weighted by molar-refractivity contribution is -0.128. The fourth-order valence-corrected chi connectivity index (χ4v) is 6.32. The van der Waals surface area contributed by atoms with Gasteiger partial charge in [0.25, 0.3) is 5.91 Å². The molecule has 0 unspecified atom stereocenters. The summed E-state index contributed by atoms with van der Waals surface area (Å²) in [6.45, 7) is 0.828. The SMILES string of the molecule is CN(C)C(=O)CCCNC(=O)c1cc2ccc(CN)nc2n1Cc1cc(NS(=O)(=O)Cc2ccccc2)cc2ccccc12. The predicted molar refractivity (Wildman–Crippen MR) is 174 cm³/mol. The molecule has 0 aliphatic carbocycles. The second kappa shape index (κ2) is 13.3. The minimum Gasteiger partial charge on any atom is -0.351 e. The Morgan fingerprint density at radius 3 is 2.43 bits per heavy atom. The lowest BCUT2D eigenvalue weighted by Crippen LogP contribution is -2.28. The number of hydrogen-bond donors (Lipinski definition) is 3. The number of nitrogens with two attached hydrogens (primary N) is 1. The molecule has 0 spiro atoms. The zero-order chi connectivity index (χ0) is 31.3. The Morgan fingerprint density at radius 1 is 0.932 bits per heavy atom. The average Bonchev–Trinajstić information content (AvgIpc) is 3.36. The van der Waals surface area contributed by atoms with Gasteiger partial charge in [-0.2, -0.15) is 0 Å². The number of carbonyl (C=O) groups is 2. The summed E-state index contributed by atoms with van der Waals surface area (Å²) < 4.78 is 30.8. The van der Waals surface area contributed by atoms with Crippen molar-refractivity contribution in [2.75, 3.05) is 25.4 Å². The third-order valence-corrected chi connectivity index (χ3v) is 8.60. The zero-order valence-corrected chi connectivity index (χ0v) is 25.6. The Labute approximate surface area is 256 Å². The van der Waals surface area contributed by atoms with Crippen LogP contribution in [0.5, 0.6) is 0 Å². The number of pyridine rings is 1. The lowest BCUT2D eigenvalue weighted by Gasteiger charge is -2.16. The molecule has 228 valence electrons. The molecule has 0 saturated heterocycles. The standard InChI is InChI=1S/C33H36N6O4S/c1-38(2)31(40)13-8-16-35-33(41)30-19-25-14-15-27(20-34)36-32(25)39(30)21-26-18-28(17-24-11-6-7-12-29(24)26)37-44(42,43)22-23-9-4-3-5-10-23/h3-7,9-12,14-15,17-19,37H,8,13,16,20-22,34H2,1-2H3,(H,35,41). The summed E-state index contributed by atoms with van der Waals surface area (Å²) in [4.78, 5) is 31.7. The van der Waals surface area contributed by atoms with Crippen LogP contribution >= 0.6 is 0 Å². The van der Waals surface area contributed by atoms with Crippen LogP contribution in [0.2, 0.25) is 0 Å². The monoisotopic (exact) mass is 612 g/mol. The highest BCUT2D eigenvalue weighted by Crippen LogP contribution is 2.28. The van der Waals surface area contributed by atoms with Crippen molar-refractivity contribution in [1.82, 2.24) is 19.8 Å². The summed E-state index contributed by atoms with van der Waals surface area (Å²) in [5.74, 6) is -0.453. The number of nitrogens with one attached hydrogen (secondary N) is 2. The third-order valence-electron chi connectivity index (χ3n) is 7.34. The minimum atomic E-state index is -3.70. The molecule has 10 nitrogen and oxygen atoms in total. The van der Waals surface area contributed by atoms with E-state index in [0.717, 1.165) is 21.7 Å². The van der Waals surface area contributed by atoms with Crippen molar-refractivity contribution in [1.29, 1.82) is 0 Å². The predicted octanol–water partition coefficient (Wildman–Crippen LogP) is 4.24. The van der Waals surface area contributed by atoms with Gasteiger partial charge in [0, 0.05) is 44.7 Å². The molecule has 2 heterocycles. The number of amides is 2. The number of aromatic nitrogens is 2. The molecule has 4 N–H and O–H groups in total. The number of benzene rings is 3. The highest BCUT2D eigenvalue weighted by molar-refractivity contribution is 7.91. The van der Waals surface area contributed by atoms with Crippen LogP contribution in [-0.2, 0) is 33.7 Å². The molecule has 0 atom stereocenters. The number of carbonyl (C=O) groups excluding carboxylic acids is 2. The van der Waals surface area contributed by atoms with E-state index in [1.807, 2.05) is 65.2 Å². The van der Waals surface area contributed by atoms with Gasteiger partial charge in [-0.15, -0.1) is 0 Å². The molecule has 2 aromatic heterocycles. The molecule has 5 rings (SSSR count). The number of anilines is 1. The van der Waals surface area contributed by atoms with Crippen LogP contribution in [0.15, 0.2) is 84.9 Å². The molecule has 2 amide bonds. The number of sulfonamides is 1. The van der Waals surface area contributed by atoms with E-state index in [1.54, 1.807) is 38.4 Å². The Balaban J connectivity index is 1.49. The van der Waals surface area contributed by atoms with Crippen molar-refractivity contribution >= 4 is 49.3 Å². The fourth-order valence-electron chi connectivity index (χ4n) is 5.14. The largest absolute Gasteiger partial charge is 0.351 e. The van der Waals surface area contributed by atoms with Crippen LogP contribution in [0.3, 0.4) is 0 Å². The fraction of sp³-hybridized carbons (Fsp3) is 0.242. The van der Waals surface area contributed by atoms with Crippen LogP contribution in [0.4, 0.5) is 5.69 Å². The number of rotatable bonds is 12. The number of nitrogens with zero attached hydrogens (tertiary/aromatic N) is 3. The second-order valence-corrected chi connectivity index (χ2v) is 12.6. The van der Waals surface area contributed by atoms with Gasteiger partial charge < -0.3 is 20.5 Å². The lowest BCUT2D eigenvalue weighted by atomic mass is 10.0. The summed E-state index contributed by atoms with van der Waals surface area (Å²) in [5.41, 5.74) is 9.50. The molecule has 11 heteroatoms. The number of hydrogen-bond acceptors (Lipinski definition) is 6. The van der Waals surface area contributed by atoms with Crippen molar-refractivity contribution < 1.29 is 18.0 Å². The Morgan fingerprint density at radius 2 is 1.68 bits per heavy atom. The average molecular weight is 613 g/mol. The highest BCUT2D eigenvalue weighted by Gasteiger charge is 2.20. The van der Waals surface area contributed by atoms with Crippen LogP contribution < -0.4 is 15.8 Å². The van der Waals surface area contributed by atoms with Crippen LogP contribution in [0, 0.1) is 0 Å². The summed E-state index contributed by atoms with van der Waals surface area (Å²) in [5, 5.41) is 5.49. The molecule has 0 radical (unpaired) electrons. The van der Waals surface area contributed by atoms with E-state index in [1.165, 1.54) is 4.90 Å². The maximum atomic E-state index is 13.5. The van der Waals surface area contributed by atoms with Crippen molar-refractivity contribution in [2.24, 2.45) is 5.73 Å². The molecule has 0 saturated carbocycles.